The van der Waals surface area contributed by atoms with Crippen LogP contribution in [-0.4, -0.2) is 42.3 Å². The molecular weight excluding hydrogens is 382 g/mol. The second-order valence-electron chi connectivity index (χ2n) is 6.75. The van der Waals surface area contributed by atoms with Crippen molar-refractivity contribution in [3.63, 3.8) is 0 Å². The average Bonchev–Trinajstić information content (AvgIpc) is 2.76. The number of urea groups is 1. The van der Waals surface area contributed by atoms with E-state index < -0.39 is 5.97 Å². The number of rotatable bonds is 10. The van der Waals surface area contributed by atoms with E-state index >= 15 is 0 Å². The van der Waals surface area contributed by atoms with Crippen LogP contribution < -0.4 is 10.2 Å². The van der Waals surface area contributed by atoms with Crippen molar-refractivity contribution in [2.75, 3.05) is 25.1 Å². The first-order valence-electron chi connectivity index (χ1n) is 10.1. The maximum absolute atomic E-state index is 12.3. The van der Waals surface area contributed by atoms with Crippen LogP contribution in [0.15, 0.2) is 48.2 Å². The molecule has 0 unspecified atom stereocenters. The molecule has 30 heavy (non-hydrogen) atoms. The number of aromatic nitrogens is 1. The number of ether oxygens (including phenoxy) is 1. The Morgan fingerprint density at radius 1 is 1.13 bits per heavy atom. The summed E-state index contributed by atoms with van der Waals surface area (Å²) in [6, 6.07) is 12.6. The van der Waals surface area contributed by atoms with Gasteiger partial charge in [0.1, 0.15) is 5.82 Å². The van der Waals surface area contributed by atoms with Crippen LogP contribution in [0.2, 0.25) is 0 Å². The van der Waals surface area contributed by atoms with Crippen LogP contribution in [0, 0.1) is 0 Å². The Morgan fingerprint density at radius 3 is 2.50 bits per heavy atom. The number of hydrogen-bond donors (Lipinski definition) is 2. The summed E-state index contributed by atoms with van der Waals surface area (Å²) >= 11 is 0. The summed E-state index contributed by atoms with van der Waals surface area (Å²) in [7, 11) is 1.69. The highest BCUT2D eigenvalue weighted by Crippen LogP contribution is 2.22. The Labute approximate surface area is 177 Å². The summed E-state index contributed by atoms with van der Waals surface area (Å²) in [5.74, 6) is -0.655. The lowest BCUT2D eigenvalue weighted by atomic mass is 10.1. The van der Waals surface area contributed by atoms with Gasteiger partial charge in [-0.2, -0.15) is 0 Å². The van der Waals surface area contributed by atoms with Gasteiger partial charge in [-0.25, -0.2) is 14.6 Å². The highest BCUT2D eigenvalue weighted by atomic mass is 16.5. The van der Waals surface area contributed by atoms with Crippen molar-refractivity contribution in [1.29, 1.82) is 0 Å². The number of carbonyl (C=O) groups is 2. The first kappa shape index (κ1) is 22.9. The number of nitrogens with one attached hydrogen (secondary N) is 1. The number of carboxylic acids is 1. The van der Waals surface area contributed by atoms with Crippen LogP contribution >= 0.6 is 0 Å². The number of hydrogen-bond acceptors (Lipinski definition) is 4. The average molecular weight is 412 g/mol. The van der Waals surface area contributed by atoms with Gasteiger partial charge in [-0.1, -0.05) is 50.1 Å². The van der Waals surface area contributed by atoms with Gasteiger partial charge in [-0.3, -0.25) is 4.90 Å². The van der Waals surface area contributed by atoms with Crippen molar-refractivity contribution in [2.24, 2.45) is 0 Å². The normalized spacial score (nSPS) is 11.1. The van der Waals surface area contributed by atoms with Gasteiger partial charge in [0.25, 0.3) is 0 Å². The summed E-state index contributed by atoms with van der Waals surface area (Å²) < 4.78 is 5.13. The number of pyridine rings is 1. The summed E-state index contributed by atoms with van der Waals surface area (Å²) in [5, 5.41) is 12.1. The molecule has 2 rings (SSSR count). The highest BCUT2D eigenvalue weighted by molar-refractivity contribution is 5.91. The fraction of sp³-hybridized carbons (Fsp3) is 0.348. The molecule has 0 saturated carbocycles. The van der Waals surface area contributed by atoms with Crippen molar-refractivity contribution < 1.29 is 19.4 Å². The molecule has 0 spiro atoms. The van der Waals surface area contributed by atoms with Gasteiger partial charge < -0.3 is 15.2 Å². The smallest absolute Gasteiger partial charge is 0.371 e. The molecular formula is C23H29N3O4. The maximum Gasteiger partial charge on any atom is 0.371 e. The third-order valence-corrected chi connectivity index (χ3v) is 4.45. The Balaban J connectivity index is 2.12. The van der Waals surface area contributed by atoms with E-state index in [0.717, 1.165) is 30.5 Å². The molecule has 2 aromatic rings. The molecule has 0 fully saturated rings. The molecule has 0 atom stereocenters. The Kier molecular flexibility index (Phi) is 8.87. The topological polar surface area (TPSA) is 91.8 Å². The van der Waals surface area contributed by atoms with Gasteiger partial charge in [-0.05, 0) is 37.1 Å². The number of carbonyl (C=O) groups excluding carboxylic acids is 1. The molecule has 2 amide bonds. The van der Waals surface area contributed by atoms with Crippen LogP contribution in [0.1, 0.15) is 38.7 Å². The lowest BCUT2D eigenvalue weighted by Crippen LogP contribution is -2.38. The van der Waals surface area contributed by atoms with E-state index in [1.165, 1.54) is 11.0 Å². The second kappa shape index (κ2) is 11.6. The Hall–Kier alpha value is -3.35. The predicted molar refractivity (Wildman–Crippen MR) is 118 cm³/mol. The quantitative estimate of drug-likeness (QED) is 0.340. The molecule has 2 N–H and O–H groups in total. The van der Waals surface area contributed by atoms with Crippen LogP contribution in [0.5, 0.6) is 0 Å². The lowest BCUT2D eigenvalue weighted by Gasteiger charge is -2.18. The minimum atomic E-state index is -1.11. The SMILES string of the molecule is CCCCCNC(=O)N(C)c1cccc(-c2ccc(/C=C(\OCC)C(=O)O)cc2)n1. The third-order valence-electron chi connectivity index (χ3n) is 4.45. The van der Waals surface area contributed by atoms with E-state index in [-0.39, 0.29) is 18.4 Å². The van der Waals surface area contributed by atoms with E-state index in [2.05, 4.69) is 17.2 Å². The zero-order valence-electron chi connectivity index (χ0n) is 17.7. The van der Waals surface area contributed by atoms with Gasteiger partial charge in [0, 0.05) is 19.2 Å². The fourth-order valence-corrected chi connectivity index (χ4v) is 2.79. The Bertz CT molecular complexity index is 878. The molecule has 7 heteroatoms. The highest BCUT2D eigenvalue weighted by Gasteiger charge is 2.12. The van der Waals surface area contributed by atoms with Gasteiger partial charge in [0.2, 0.25) is 5.76 Å². The van der Waals surface area contributed by atoms with Crippen molar-refractivity contribution >= 4 is 23.9 Å². The van der Waals surface area contributed by atoms with Crippen molar-refractivity contribution in [2.45, 2.75) is 33.1 Å². The largest absolute Gasteiger partial charge is 0.487 e. The molecule has 0 saturated heterocycles. The number of unbranched alkanes of at least 4 members (excludes halogenated alkanes) is 2. The number of aliphatic carboxylic acids is 1. The van der Waals surface area contributed by atoms with E-state index in [1.807, 2.05) is 24.3 Å². The monoisotopic (exact) mass is 411 g/mol. The van der Waals surface area contributed by atoms with Crippen molar-refractivity contribution in [3.8, 4) is 11.3 Å². The van der Waals surface area contributed by atoms with Crippen LogP contribution in [0.4, 0.5) is 10.6 Å². The van der Waals surface area contributed by atoms with Crippen LogP contribution in [0.25, 0.3) is 17.3 Å². The maximum atomic E-state index is 12.3. The molecule has 0 aliphatic heterocycles. The molecule has 0 aliphatic rings. The van der Waals surface area contributed by atoms with E-state index in [9.17, 15) is 9.59 Å². The first-order chi connectivity index (χ1) is 14.5. The molecule has 0 bridgehead atoms. The molecule has 1 aromatic carbocycles. The molecule has 0 radical (unpaired) electrons. The van der Waals surface area contributed by atoms with Gasteiger partial charge >= 0.3 is 12.0 Å². The van der Waals surface area contributed by atoms with Crippen LogP contribution in [-0.2, 0) is 9.53 Å². The molecule has 7 nitrogen and oxygen atoms in total. The number of anilines is 1. The predicted octanol–water partition coefficient (Wildman–Crippen LogP) is 4.55. The lowest BCUT2D eigenvalue weighted by molar-refractivity contribution is -0.136. The molecule has 0 aliphatic carbocycles. The fourth-order valence-electron chi connectivity index (χ4n) is 2.79. The van der Waals surface area contributed by atoms with E-state index in [4.69, 9.17) is 9.84 Å². The first-order valence-corrected chi connectivity index (χ1v) is 10.1. The minimum Gasteiger partial charge on any atom is -0.487 e. The summed E-state index contributed by atoms with van der Waals surface area (Å²) in [4.78, 5) is 29.6. The molecule has 160 valence electrons. The van der Waals surface area contributed by atoms with Crippen molar-refractivity contribution in [3.05, 3.63) is 53.8 Å². The van der Waals surface area contributed by atoms with Gasteiger partial charge in [0.05, 0.1) is 12.3 Å². The van der Waals surface area contributed by atoms with E-state index in [1.54, 1.807) is 32.2 Å². The third kappa shape index (κ3) is 6.62. The number of amides is 2. The Morgan fingerprint density at radius 2 is 1.87 bits per heavy atom. The molecule has 1 heterocycles. The zero-order valence-corrected chi connectivity index (χ0v) is 17.7. The summed E-state index contributed by atoms with van der Waals surface area (Å²) in [6.07, 6.45) is 4.63. The minimum absolute atomic E-state index is 0.100. The van der Waals surface area contributed by atoms with Gasteiger partial charge in [-0.15, -0.1) is 0 Å². The molecule has 1 aromatic heterocycles. The van der Waals surface area contributed by atoms with Crippen molar-refractivity contribution in [1.82, 2.24) is 10.3 Å². The number of nitrogens with zero attached hydrogens (tertiary/aromatic N) is 2. The summed E-state index contributed by atoms with van der Waals surface area (Å²) in [6.45, 7) is 4.79. The van der Waals surface area contributed by atoms with E-state index in [0.29, 0.717) is 17.9 Å². The number of carboxylic acid groups (broad SMARTS) is 1. The second-order valence-corrected chi connectivity index (χ2v) is 6.75. The van der Waals surface area contributed by atoms with Crippen LogP contribution in [0.3, 0.4) is 0 Å². The zero-order chi connectivity index (χ0) is 21.9. The summed E-state index contributed by atoms with van der Waals surface area (Å²) in [5.41, 5.74) is 2.29. The number of benzene rings is 1. The van der Waals surface area contributed by atoms with Gasteiger partial charge in [0.15, 0.2) is 0 Å². The standard InChI is InChI=1S/C23H29N3O4/c1-4-6-7-15-24-23(29)26(3)21-10-8-9-19(25-21)18-13-11-17(12-14-18)16-20(22(27)28)30-5-2/h8-14,16H,4-7,15H2,1-3H3,(H,24,29)(H,27,28)/b20-16-.